The van der Waals surface area contributed by atoms with Gasteiger partial charge in [-0.05, 0) is 26.0 Å². The van der Waals surface area contributed by atoms with Gasteiger partial charge in [0.1, 0.15) is 0 Å². The van der Waals surface area contributed by atoms with E-state index in [9.17, 15) is 0 Å². The summed E-state index contributed by atoms with van der Waals surface area (Å²) >= 11 is 0. The van der Waals surface area contributed by atoms with Crippen LogP contribution in [0.4, 0.5) is 0 Å². The first-order chi connectivity index (χ1) is 10.3. The second kappa shape index (κ2) is 9.18. The molecule has 0 amide bonds. The second-order valence-electron chi connectivity index (χ2n) is 6.05. The van der Waals surface area contributed by atoms with Crippen molar-refractivity contribution < 1.29 is 4.74 Å². The lowest BCUT2D eigenvalue weighted by Gasteiger charge is -2.21. The van der Waals surface area contributed by atoms with Crippen molar-refractivity contribution >= 4 is 0 Å². The van der Waals surface area contributed by atoms with Gasteiger partial charge < -0.3 is 15.0 Å². The van der Waals surface area contributed by atoms with Crippen molar-refractivity contribution in [2.45, 2.75) is 44.7 Å². The van der Waals surface area contributed by atoms with Gasteiger partial charge in [-0.1, -0.05) is 19.3 Å². The molecule has 2 rings (SSSR count). The standard InChI is InChI=1S/C16H30N4O/c1-19(12-13-21-2)11-9-17-14-15-8-10-20(18-15)16-6-4-3-5-7-16/h8,10,16-17H,3-7,9,11-14H2,1-2H3. The number of rotatable bonds is 9. The predicted molar refractivity (Wildman–Crippen MR) is 85.4 cm³/mol. The molecule has 0 spiro atoms. The summed E-state index contributed by atoms with van der Waals surface area (Å²) in [4.78, 5) is 2.27. The fourth-order valence-electron chi connectivity index (χ4n) is 2.87. The molecule has 0 atom stereocenters. The van der Waals surface area contributed by atoms with Gasteiger partial charge in [-0.2, -0.15) is 5.10 Å². The molecule has 1 aromatic rings. The maximum absolute atomic E-state index is 5.07. The third-order valence-electron chi connectivity index (χ3n) is 4.27. The summed E-state index contributed by atoms with van der Waals surface area (Å²) < 4.78 is 7.26. The minimum atomic E-state index is 0.632. The van der Waals surface area contributed by atoms with E-state index in [-0.39, 0.29) is 0 Å². The van der Waals surface area contributed by atoms with Crippen LogP contribution in [0.3, 0.4) is 0 Å². The van der Waals surface area contributed by atoms with E-state index in [2.05, 4.69) is 34.2 Å². The molecule has 1 N–H and O–H groups in total. The highest BCUT2D eigenvalue weighted by Gasteiger charge is 2.15. The van der Waals surface area contributed by atoms with Gasteiger partial charge in [-0.25, -0.2) is 0 Å². The molecular formula is C16H30N4O. The fourth-order valence-corrected chi connectivity index (χ4v) is 2.87. The molecule has 0 saturated heterocycles. The fraction of sp³-hybridized carbons (Fsp3) is 0.812. The van der Waals surface area contributed by atoms with Crippen LogP contribution in [0, 0.1) is 0 Å². The highest BCUT2D eigenvalue weighted by molar-refractivity contribution is 4.99. The molecule has 1 aromatic heterocycles. The van der Waals surface area contributed by atoms with Crippen molar-refractivity contribution in [1.82, 2.24) is 20.0 Å². The summed E-state index contributed by atoms with van der Waals surface area (Å²) in [5.41, 5.74) is 1.15. The molecule has 5 nitrogen and oxygen atoms in total. The molecule has 0 aliphatic heterocycles. The molecule has 120 valence electrons. The highest BCUT2D eigenvalue weighted by atomic mass is 16.5. The van der Waals surface area contributed by atoms with Crippen molar-refractivity contribution in [2.24, 2.45) is 0 Å². The molecule has 1 aliphatic carbocycles. The van der Waals surface area contributed by atoms with Crippen molar-refractivity contribution in [3.8, 4) is 0 Å². The molecular weight excluding hydrogens is 264 g/mol. The topological polar surface area (TPSA) is 42.3 Å². The molecule has 1 heterocycles. The molecule has 1 fully saturated rings. The zero-order chi connectivity index (χ0) is 14.9. The van der Waals surface area contributed by atoms with E-state index in [0.717, 1.165) is 38.5 Å². The Morgan fingerprint density at radius 1 is 1.33 bits per heavy atom. The molecule has 0 aromatic carbocycles. The summed E-state index contributed by atoms with van der Waals surface area (Å²) in [6.07, 6.45) is 8.83. The number of ether oxygens (including phenoxy) is 1. The Hall–Kier alpha value is -0.910. The van der Waals surface area contributed by atoms with Crippen LogP contribution in [0.1, 0.15) is 43.8 Å². The normalized spacial score (nSPS) is 16.7. The minimum Gasteiger partial charge on any atom is -0.383 e. The summed E-state index contributed by atoms with van der Waals surface area (Å²) in [7, 11) is 3.87. The van der Waals surface area contributed by atoms with Crippen LogP contribution in [0.5, 0.6) is 0 Å². The van der Waals surface area contributed by atoms with E-state index >= 15 is 0 Å². The van der Waals surface area contributed by atoms with Gasteiger partial charge in [-0.3, -0.25) is 4.68 Å². The van der Waals surface area contributed by atoms with Gasteiger partial charge in [0.05, 0.1) is 18.3 Å². The summed E-state index contributed by atoms with van der Waals surface area (Å²) in [5, 5.41) is 8.19. The molecule has 0 unspecified atom stereocenters. The van der Waals surface area contributed by atoms with Crippen molar-refractivity contribution in [1.29, 1.82) is 0 Å². The Labute approximate surface area is 128 Å². The van der Waals surface area contributed by atoms with Gasteiger partial charge in [0, 0.05) is 39.5 Å². The smallest absolute Gasteiger partial charge is 0.0762 e. The lowest BCUT2D eigenvalue weighted by atomic mass is 9.96. The van der Waals surface area contributed by atoms with Crippen LogP contribution in [0.25, 0.3) is 0 Å². The third-order valence-corrected chi connectivity index (χ3v) is 4.27. The lowest BCUT2D eigenvalue weighted by Crippen LogP contribution is -2.31. The Morgan fingerprint density at radius 2 is 2.14 bits per heavy atom. The molecule has 1 aliphatic rings. The van der Waals surface area contributed by atoms with Crippen LogP contribution >= 0.6 is 0 Å². The van der Waals surface area contributed by atoms with E-state index < -0.39 is 0 Å². The number of hydrogen-bond acceptors (Lipinski definition) is 4. The van der Waals surface area contributed by atoms with E-state index in [4.69, 9.17) is 9.84 Å². The van der Waals surface area contributed by atoms with Gasteiger partial charge in [0.15, 0.2) is 0 Å². The summed E-state index contributed by atoms with van der Waals surface area (Å²) in [6.45, 7) is 4.65. The third kappa shape index (κ3) is 5.77. The first-order valence-corrected chi connectivity index (χ1v) is 8.22. The average Bonchev–Trinajstić information content (AvgIpc) is 2.99. The SMILES string of the molecule is COCCN(C)CCNCc1ccn(C2CCCCC2)n1. The molecule has 21 heavy (non-hydrogen) atoms. The van der Waals surface area contributed by atoms with Crippen molar-refractivity contribution in [3.63, 3.8) is 0 Å². The van der Waals surface area contributed by atoms with Gasteiger partial charge in [0.2, 0.25) is 0 Å². The van der Waals surface area contributed by atoms with Gasteiger partial charge >= 0.3 is 0 Å². The van der Waals surface area contributed by atoms with Crippen LogP contribution in [0.15, 0.2) is 12.3 Å². The lowest BCUT2D eigenvalue weighted by molar-refractivity contribution is 0.161. The largest absolute Gasteiger partial charge is 0.383 e. The molecule has 5 heteroatoms. The number of methoxy groups -OCH3 is 1. The van der Waals surface area contributed by atoms with Crippen LogP contribution < -0.4 is 5.32 Å². The zero-order valence-electron chi connectivity index (χ0n) is 13.6. The van der Waals surface area contributed by atoms with Crippen molar-refractivity contribution in [2.75, 3.05) is 40.4 Å². The predicted octanol–water partition coefficient (Wildman–Crippen LogP) is 2.06. The molecule has 0 bridgehead atoms. The van der Waals surface area contributed by atoms with E-state index in [1.165, 1.54) is 32.1 Å². The monoisotopic (exact) mass is 294 g/mol. The first-order valence-electron chi connectivity index (χ1n) is 8.22. The van der Waals surface area contributed by atoms with E-state index in [1.807, 2.05) is 0 Å². The average molecular weight is 294 g/mol. The zero-order valence-corrected chi connectivity index (χ0v) is 13.6. The summed E-state index contributed by atoms with van der Waals surface area (Å²) in [5.74, 6) is 0. The minimum absolute atomic E-state index is 0.632. The maximum atomic E-state index is 5.07. The number of nitrogens with zero attached hydrogens (tertiary/aromatic N) is 3. The molecule has 1 saturated carbocycles. The maximum Gasteiger partial charge on any atom is 0.0762 e. The Balaban J connectivity index is 1.63. The highest BCUT2D eigenvalue weighted by Crippen LogP contribution is 2.27. The van der Waals surface area contributed by atoms with Gasteiger partial charge in [0.25, 0.3) is 0 Å². The van der Waals surface area contributed by atoms with Gasteiger partial charge in [-0.15, -0.1) is 0 Å². The Morgan fingerprint density at radius 3 is 2.90 bits per heavy atom. The Kier molecular flexibility index (Phi) is 7.19. The number of nitrogens with one attached hydrogen (secondary N) is 1. The second-order valence-corrected chi connectivity index (χ2v) is 6.05. The van der Waals surface area contributed by atoms with Crippen LogP contribution in [-0.2, 0) is 11.3 Å². The van der Waals surface area contributed by atoms with E-state index in [1.54, 1.807) is 7.11 Å². The molecule has 0 radical (unpaired) electrons. The number of hydrogen-bond donors (Lipinski definition) is 1. The van der Waals surface area contributed by atoms with Crippen LogP contribution in [0.2, 0.25) is 0 Å². The Bertz CT molecular complexity index is 387. The van der Waals surface area contributed by atoms with E-state index in [0.29, 0.717) is 6.04 Å². The number of aromatic nitrogens is 2. The van der Waals surface area contributed by atoms with Crippen LogP contribution in [-0.4, -0.2) is 55.1 Å². The quantitative estimate of drug-likeness (QED) is 0.708. The number of likely N-dealkylation sites (N-methyl/N-ethyl adjacent to an activating group) is 1. The summed E-state index contributed by atoms with van der Waals surface area (Å²) in [6, 6.07) is 2.78. The van der Waals surface area contributed by atoms with Crippen molar-refractivity contribution in [3.05, 3.63) is 18.0 Å². The first kappa shape index (κ1) is 16.5.